The van der Waals surface area contributed by atoms with Crippen LogP contribution in [-0.4, -0.2) is 31.0 Å². The summed E-state index contributed by atoms with van der Waals surface area (Å²) < 4.78 is 0. The maximum absolute atomic E-state index is 4.47. The van der Waals surface area contributed by atoms with Gasteiger partial charge in [-0.25, -0.2) is 0 Å². The lowest BCUT2D eigenvalue weighted by molar-refractivity contribution is 0.378. The fourth-order valence-electron chi connectivity index (χ4n) is 2.93. The maximum Gasteiger partial charge on any atom is 0.193 e. The number of hydrogen-bond donors (Lipinski definition) is 1. The highest BCUT2D eigenvalue weighted by molar-refractivity contribution is 7.10. The first-order valence-electron chi connectivity index (χ1n) is 7.83. The molecule has 0 saturated carbocycles. The molecule has 1 aromatic heterocycles. The van der Waals surface area contributed by atoms with E-state index in [0.29, 0.717) is 5.92 Å². The third kappa shape index (κ3) is 3.33. The van der Waals surface area contributed by atoms with Gasteiger partial charge in [-0.2, -0.15) is 0 Å². The number of nitrogens with zero attached hydrogens (tertiary/aromatic N) is 2. The van der Waals surface area contributed by atoms with Crippen LogP contribution < -0.4 is 5.32 Å². The number of benzene rings is 1. The smallest absolute Gasteiger partial charge is 0.193 e. The molecule has 1 N–H and O–H groups in total. The number of rotatable bonds is 3. The fourth-order valence-corrected chi connectivity index (χ4v) is 3.71. The molecule has 3 rings (SSSR count). The number of fused-ring (bicyclic) bond motifs is 1. The second-order valence-corrected chi connectivity index (χ2v) is 6.76. The Balaban J connectivity index is 1.61. The Morgan fingerprint density at radius 3 is 2.82 bits per heavy atom. The van der Waals surface area contributed by atoms with Crippen molar-refractivity contribution in [1.29, 1.82) is 0 Å². The Hall–Kier alpha value is -1.81. The molecule has 1 aliphatic heterocycles. The van der Waals surface area contributed by atoms with Crippen LogP contribution in [0, 0.1) is 0 Å². The number of nitrogens with one attached hydrogen (secondary N) is 1. The predicted octanol–water partition coefficient (Wildman–Crippen LogP) is 3.49. The van der Waals surface area contributed by atoms with Crippen molar-refractivity contribution in [3.8, 4) is 0 Å². The Labute approximate surface area is 136 Å². The van der Waals surface area contributed by atoms with Crippen LogP contribution in [0.4, 0.5) is 0 Å². The highest BCUT2D eigenvalue weighted by atomic mass is 32.1. The Bertz CT molecular complexity index is 634. The molecule has 1 aromatic carbocycles. The Morgan fingerprint density at radius 1 is 1.27 bits per heavy atom. The van der Waals surface area contributed by atoms with Crippen LogP contribution in [0.2, 0.25) is 0 Å². The molecule has 0 bridgehead atoms. The zero-order chi connectivity index (χ0) is 15.4. The van der Waals surface area contributed by atoms with Crippen LogP contribution in [0.3, 0.4) is 0 Å². The van der Waals surface area contributed by atoms with E-state index in [4.69, 9.17) is 0 Å². The van der Waals surface area contributed by atoms with Gasteiger partial charge in [0.15, 0.2) is 5.96 Å². The summed E-state index contributed by atoms with van der Waals surface area (Å²) in [7, 11) is 1.87. The van der Waals surface area contributed by atoms with Crippen molar-refractivity contribution in [2.24, 2.45) is 4.99 Å². The van der Waals surface area contributed by atoms with Gasteiger partial charge in [0.2, 0.25) is 0 Å². The molecule has 0 aliphatic carbocycles. The first-order chi connectivity index (χ1) is 10.8. The average Bonchev–Trinajstić information content (AvgIpc) is 3.09. The number of aliphatic imine (C=N–C) groups is 1. The standard InChI is InChI=1S/C18H23N3S/c1-14(17-8-5-11-22-17)12-20-18(19-2)21-10-9-15-6-3-4-7-16(15)13-21/h3-8,11,14H,9-10,12-13H2,1-2H3,(H,19,20). The van der Waals surface area contributed by atoms with Gasteiger partial charge in [0.1, 0.15) is 0 Å². The molecule has 3 nitrogen and oxygen atoms in total. The second-order valence-electron chi connectivity index (χ2n) is 5.78. The summed E-state index contributed by atoms with van der Waals surface area (Å²) in [6.45, 7) is 5.16. The summed E-state index contributed by atoms with van der Waals surface area (Å²) in [6, 6.07) is 13.0. The normalized spacial score (nSPS) is 16.3. The lowest BCUT2D eigenvalue weighted by atomic mass is 10.0. The molecule has 0 radical (unpaired) electrons. The van der Waals surface area contributed by atoms with Crippen LogP contribution in [0.15, 0.2) is 46.8 Å². The third-order valence-electron chi connectivity index (χ3n) is 4.24. The summed E-state index contributed by atoms with van der Waals surface area (Å²) in [4.78, 5) is 8.25. The topological polar surface area (TPSA) is 27.6 Å². The van der Waals surface area contributed by atoms with Gasteiger partial charge in [-0.15, -0.1) is 11.3 Å². The van der Waals surface area contributed by atoms with Crippen LogP contribution in [-0.2, 0) is 13.0 Å². The van der Waals surface area contributed by atoms with Crippen molar-refractivity contribution >= 4 is 17.3 Å². The van der Waals surface area contributed by atoms with E-state index in [-0.39, 0.29) is 0 Å². The second kappa shape index (κ2) is 6.97. The minimum absolute atomic E-state index is 0.508. The van der Waals surface area contributed by atoms with E-state index in [1.165, 1.54) is 16.0 Å². The summed E-state index contributed by atoms with van der Waals surface area (Å²) in [5, 5.41) is 5.68. The van der Waals surface area contributed by atoms with E-state index in [0.717, 1.165) is 32.0 Å². The molecule has 2 heterocycles. The van der Waals surface area contributed by atoms with E-state index in [9.17, 15) is 0 Å². The fraction of sp³-hybridized carbons (Fsp3) is 0.389. The first-order valence-corrected chi connectivity index (χ1v) is 8.71. The van der Waals surface area contributed by atoms with Gasteiger partial charge < -0.3 is 10.2 Å². The quantitative estimate of drug-likeness (QED) is 0.694. The van der Waals surface area contributed by atoms with Gasteiger partial charge in [0.05, 0.1) is 0 Å². The lowest BCUT2D eigenvalue weighted by Gasteiger charge is -2.32. The predicted molar refractivity (Wildman–Crippen MR) is 94.7 cm³/mol. The molecule has 2 aromatic rings. The van der Waals surface area contributed by atoms with E-state index in [1.807, 2.05) is 18.4 Å². The minimum Gasteiger partial charge on any atom is -0.356 e. The zero-order valence-electron chi connectivity index (χ0n) is 13.2. The average molecular weight is 313 g/mol. The van der Waals surface area contributed by atoms with Crippen LogP contribution in [0.1, 0.15) is 28.8 Å². The van der Waals surface area contributed by atoms with Crippen LogP contribution in [0.5, 0.6) is 0 Å². The largest absolute Gasteiger partial charge is 0.356 e. The van der Waals surface area contributed by atoms with Gasteiger partial charge in [-0.1, -0.05) is 37.3 Å². The van der Waals surface area contributed by atoms with Crippen molar-refractivity contribution in [3.05, 3.63) is 57.8 Å². The molecule has 0 amide bonds. The molecule has 22 heavy (non-hydrogen) atoms. The van der Waals surface area contributed by atoms with Crippen molar-refractivity contribution in [1.82, 2.24) is 10.2 Å². The van der Waals surface area contributed by atoms with Crippen molar-refractivity contribution in [2.45, 2.75) is 25.8 Å². The third-order valence-corrected chi connectivity index (χ3v) is 5.34. The monoisotopic (exact) mass is 313 g/mol. The molecular weight excluding hydrogens is 290 g/mol. The van der Waals surface area contributed by atoms with Crippen molar-refractivity contribution < 1.29 is 0 Å². The SMILES string of the molecule is CN=C(NCC(C)c1cccs1)N1CCc2ccccc2C1. The van der Waals surface area contributed by atoms with E-state index < -0.39 is 0 Å². The molecule has 1 unspecified atom stereocenters. The number of thiophene rings is 1. The Kier molecular flexibility index (Phi) is 4.78. The van der Waals surface area contributed by atoms with E-state index >= 15 is 0 Å². The molecule has 0 fully saturated rings. The summed E-state index contributed by atoms with van der Waals surface area (Å²) in [5.41, 5.74) is 2.89. The highest BCUT2D eigenvalue weighted by Crippen LogP contribution is 2.21. The van der Waals surface area contributed by atoms with Crippen LogP contribution >= 0.6 is 11.3 Å². The molecule has 0 saturated heterocycles. The van der Waals surface area contributed by atoms with Gasteiger partial charge >= 0.3 is 0 Å². The summed E-state index contributed by atoms with van der Waals surface area (Å²) >= 11 is 1.82. The zero-order valence-corrected chi connectivity index (χ0v) is 14.1. The van der Waals surface area contributed by atoms with Gasteiger partial charge in [-0.05, 0) is 29.0 Å². The van der Waals surface area contributed by atoms with E-state index in [2.05, 4.69) is 63.9 Å². The van der Waals surface area contributed by atoms with Crippen LogP contribution in [0.25, 0.3) is 0 Å². The van der Waals surface area contributed by atoms with Gasteiger partial charge in [0.25, 0.3) is 0 Å². The lowest BCUT2D eigenvalue weighted by Crippen LogP contribution is -2.44. The summed E-state index contributed by atoms with van der Waals surface area (Å²) in [5.74, 6) is 1.52. The number of hydrogen-bond acceptors (Lipinski definition) is 2. The first kappa shape index (κ1) is 15.1. The van der Waals surface area contributed by atoms with Gasteiger partial charge in [-0.3, -0.25) is 4.99 Å². The molecule has 1 aliphatic rings. The number of guanidine groups is 1. The Morgan fingerprint density at radius 2 is 2.09 bits per heavy atom. The highest BCUT2D eigenvalue weighted by Gasteiger charge is 2.19. The molecule has 1 atom stereocenters. The van der Waals surface area contributed by atoms with Crippen molar-refractivity contribution in [2.75, 3.05) is 20.1 Å². The molecule has 116 valence electrons. The minimum atomic E-state index is 0.508. The van der Waals surface area contributed by atoms with Gasteiger partial charge in [0, 0.05) is 37.5 Å². The van der Waals surface area contributed by atoms with E-state index in [1.54, 1.807) is 0 Å². The molecule has 0 spiro atoms. The van der Waals surface area contributed by atoms with Crippen molar-refractivity contribution in [3.63, 3.8) is 0 Å². The summed E-state index contributed by atoms with van der Waals surface area (Å²) in [6.07, 6.45) is 1.09. The maximum atomic E-state index is 4.47. The molecular formula is C18H23N3S. The molecule has 4 heteroatoms.